The Hall–Kier alpha value is -3.00. The van der Waals surface area contributed by atoms with Crippen LogP contribution in [0.15, 0.2) is 42.5 Å². The van der Waals surface area contributed by atoms with Crippen molar-refractivity contribution in [2.24, 2.45) is 5.73 Å². The van der Waals surface area contributed by atoms with Crippen LogP contribution < -0.4 is 11.1 Å². The topological polar surface area (TPSA) is 108 Å². The van der Waals surface area contributed by atoms with E-state index < -0.39 is 11.6 Å². The van der Waals surface area contributed by atoms with E-state index in [1.165, 1.54) is 0 Å². The fourth-order valence-electron chi connectivity index (χ4n) is 3.65. The second-order valence-electron chi connectivity index (χ2n) is 6.88. The van der Waals surface area contributed by atoms with Gasteiger partial charge < -0.3 is 10.5 Å². The summed E-state index contributed by atoms with van der Waals surface area (Å²) in [6, 6.07) is 13.6. The van der Waals surface area contributed by atoms with Crippen LogP contribution in [0.1, 0.15) is 31.5 Å². The molecule has 8 nitrogen and oxygen atoms in total. The number of carbonyl (C=O) groups is 1. The summed E-state index contributed by atoms with van der Waals surface area (Å²) < 4.78 is 6.95. The van der Waals surface area contributed by atoms with Crippen LogP contribution in [0.4, 0.5) is 10.5 Å². The van der Waals surface area contributed by atoms with Gasteiger partial charge in [-0.05, 0) is 34.7 Å². The number of tetrazole rings is 1. The molecule has 2 aromatic carbocycles. The molecule has 140 valence electrons. The van der Waals surface area contributed by atoms with E-state index in [4.69, 9.17) is 10.5 Å². The van der Waals surface area contributed by atoms with E-state index in [2.05, 4.69) is 20.8 Å². The lowest BCUT2D eigenvalue weighted by molar-refractivity contribution is 0.154. The summed E-state index contributed by atoms with van der Waals surface area (Å²) in [4.78, 5) is 12.2. The summed E-state index contributed by atoms with van der Waals surface area (Å²) in [6.45, 7) is 0.523. The Morgan fingerprint density at radius 1 is 1.19 bits per heavy atom. The minimum Gasteiger partial charge on any atom is -0.447 e. The van der Waals surface area contributed by atoms with Crippen molar-refractivity contribution in [3.05, 3.63) is 48.3 Å². The highest BCUT2D eigenvalue weighted by Gasteiger charge is 2.36. The number of nitrogens with one attached hydrogen (secondary N) is 1. The number of ether oxygens (including phenoxy) is 1. The van der Waals surface area contributed by atoms with E-state index >= 15 is 0 Å². The second kappa shape index (κ2) is 7.32. The van der Waals surface area contributed by atoms with Gasteiger partial charge in [-0.1, -0.05) is 49.2 Å². The van der Waals surface area contributed by atoms with Crippen molar-refractivity contribution in [3.8, 4) is 0 Å². The van der Waals surface area contributed by atoms with Crippen molar-refractivity contribution >= 4 is 22.6 Å². The Morgan fingerprint density at radius 2 is 1.96 bits per heavy atom. The molecular formula is C19H22N6O2. The zero-order valence-corrected chi connectivity index (χ0v) is 15.0. The lowest BCUT2D eigenvalue weighted by Gasteiger charge is -2.21. The number of benzene rings is 2. The molecule has 0 unspecified atom stereocenters. The molecule has 4 rings (SSSR count). The van der Waals surface area contributed by atoms with E-state index in [0.29, 0.717) is 18.1 Å². The number of aromatic nitrogens is 4. The first kappa shape index (κ1) is 17.4. The monoisotopic (exact) mass is 366 g/mol. The fourth-order valence-corrected chi connectivity index (χ4v) is 3.65. The molecule has 0 radical (unpaired) electrons. The molecule has 3 aromatic rings. The molecule has 0 bridgehead atoms. The molecule has 1 heterocycles. The van der Waals surface area contributed by atoms with Gasteiger partial charge in [0.25, 0.3) is 0 Å². The van der Waals surface area contributed by atoms with Gasteiger partial charge in [0.2, 0.25) is 0 Å². The van der Waals surface area contributed by atoms with Crippen molar-refractivity contribution < 1.29 is 9.53 Å². The van der Waals surface area contributed by atoms with Gasteiger partial charge >= 0.3 is 6.09 Å². The largest absolute Gasteiger partial charge is 0.447 e. The van der Waals surface area contributed by atoms with Crippen molar-refractivity contribution in [1.29, 1.82) is 0 Å². The molecular weight excluding hydrogens is 344 g/mol. The molecule has 1 saturated carbocycles. The van der Waals surface area contributed by atoms with Crippen LogP contribution in [0.5, 0.6) is 0 Å². The Bertz CT molecular complexity index is 943. The minimum atomic E-state index is -0.510. The SMILES string of the molecule is NC1(c2nnnn2CCOC(=O)Nc2cccc3ccccc23)CCCC1. The molecule has 3 N–H and O–H groups in total. The molecule has 0 saturated heterocycles. The molecule has 1 amide bonds. The van der Waals surface area contributed by atoms with Gasteiger partial charge in [-0.15, -0.1) is 5.10 Å². The third-order valence-electron chi connectivity index (χ3n) is 5.04. The number of carbonyl (C=O) groups excluding carboxylic acids is 1. The summed E-state index contributed by atoms with van der Waals surface area (Å²) in [5.41, 5.74) is 6.67. The number of fused-ring (bicyclic) bond motifs is 1. The lowest BCUT2D eigenvalue weighted by Crippen LogP contribution is -2.37. The molecule has 0 aliphatic heterocycles. The second-order valence-corrected chi connectivity index (χ2v) is 6.88. The van der Waals surface area contributed by atoms with Gasteiger partial charge in [-0.25, -0.2) is 9.48 Å². The number of hydrogen-bond acceptors (Lipinski definition) is 6. The number of nitrogens with zero attached hydrogens (tertiary/aromatic N) is 4. The average Bonchev–Trinajstić information content (AvgIpc) is 3.32. The highest BCUT2D eigenvalue weighted by molar-refractivity contribution is 6.00. The van der Waals surface area contributed by atoms with E-state index in [1.54, 1.807) is 4.68 Å². The van der Waals surface area contributed by atoms with Crippen LogP contribution in [0.2, 0.25) is 0 Å². The van der Waals surface area contributed by atoms with Crippen LogP contribution in [0.3, 0.4) is 0 Å². The number of anilines is 1. The molecule has 27 heavy (non-hydrogen) atoms. The molecule has 8 heteroatoms. The summed E-state index contributed by atoms with van der Waals surface area (Å²) >= 11 is 0. The van der Waals surface area contributed by atoms with E-state index in [0.717, 1.165) is 36.5 Å². The van der Waals surface area contributed by atoms with Gasteiger partial charge in [-0.3, -0.25) is 5.32 Å². The van der Waals surface area contributed by atoms with Gasteiger partial charge in [0.05, 0.1) is 17.8 Å². The fraction of sp³-hybridized carbons (Fsp3) is 0.368. The van der Waals surface area contributed by atoms with Crippen LogP contribution in [0.25, 0.3) is 10.8 Å². The van der Waals surface area contributed by atoms with Crippen LogP contribution in [-0.2, 0) is 16.8 Å². The zero-order chi connectivity index (χ0) is 18.7. The Morgan fingerprint density at radius 3 is 2.81 bits per heavy atom. The maximum atomic E-state index is 12.2. The summed E-state index contributed by atoms with van der Waals surface area (Å²) in [6.07, 6.45) is 3.39. The van der Waals surface area contributed by atoms with Crippen LogP contribution >= 0.6 is 0 Å². The van der Waals surface area contributed by atoms with Crippen molar-refractivity contribution in [2.75, 3.05) is 11.9 Å². The zero-order valence-electron chi connectivity index (χ0n) is 15.0. The molecule has 1 aromatic heterocycles. The van der Waals surface area contributed by atoms with E-state index in [1.807, 2.05) is 42.5 Å². The highest BCUT2D eigenvalue weighted by Crippen LogP contribution is 2.34. The third-order valence-corrected chi connectivity index (χ3v) is 5.04. The number of nitrogens with two attached hydrogens (primary N) is 1. The molecule has 0 spiro atoms. The first-order chi connectivity index (χ1) is 13.2. The number of hydrogen-bond donors (Lipinski definition) is 2. The number of amides is 1. The minimum absolute atomic E-state index is 0.157. The third kappa shape index (κ3) is 3.61. The molecule has 1 aliphatic carbocycles. The smallest absolute Gasteiger partial charge is 0.411 e. The predicted octanol–water partition coefficient (Wildman–Crippen LogP) is 2.80. The molecule has 1 aliphatic rings. The van der Waals surface area contributed by atoms with Crippen molar-refractivity contribution in [3.63, 3.8) is 0 Å². The summed E-state index contributed by atoms with van der Waals surface area (Å²) in [5, 5.41) is 16.6. The number of rotatable bonds is 5. The Kier molecular flexibility index (Phi) is 4.72. The maximum absolute atomic E-state index is 12.2. The van der Waals surface area contributed by atoms with Crippen LogP contribution in [0, 0.1) is 0 Å². The molecule has 0 atom stereocenters. The first-order valence-corrected chi connectivity index (χ1v) is 9.13. The standard InChI is InChI=1S/C19H22N6O2/c20-19(10-3-4-11-19)17-22-23-24-25(17)12-13-27-18(26)21-16-9-5-7-14-6-1-2-8-15(14)16/h1-2,5-9H,3-4,10-13,20H2,(H,21,26). The van der Waals surface area contributed by atoms with Crippen molar-refractivity contribution in [2.45, 2.75) is 37.8 Å². The quantitative estimate of drug-likeness (QED) is 0.719. The van der Waals surface area contributed by atoms with Gasteiger partial charge in [0, 0.05) is 5.39 Å². The van der Waals surface area contributed by atoms with Crippen molar-refractivity contribution in [1.82, 2.24) is 20.2 Å². The van der Waals surface area contributed by atoms with Gasteiger partial charge in [-0.2, -0.15) is 0 Å². The average molecular weight is 366 g/mol. The maximum Gasteiger partial charge on any atom is 0.411 e. The Balaban J connectivity index is 1.36. The van der Waals surface area contributed by atoms with Crippen LogP contribution in [-0.4, -0.2) is 32.9 Å². The van der Waals surface area contributed by atoms with E-state index in [9.17, 15) is 4.79 Å². The first-order valence-electron chi connectivity index (χ1n) is 9.13. The predicted molar refractivity (Wildman–Crippen MR) is 101 cm³/mol. The summed E-state index contributed by atoms with van der Waals surface area (Å²) in [7, 11) is 0. The lowest BCUT2D eigenvalue weighted by atomic mass is 9.98. The Labute approximate surface area is 156 Å². The normalized spacial score (nSPS) is 15.7. The van der Waals surface area contributed by atoms with E-state index in [-0.39, 0.29) is 6.61 Å². The van der Waals surface area contributed by atoms with Gasteiger partial charge in [0.15, 0.2) is 5.82 Å². The highest BCUT2D eigenvalue weighted by atomic mass is 16.5. The summed E-state index contributed by atoms with van der Waals surface area (Å²) in [5.74, 6) is 0.665. The van der Waals surface area contributed by atoms with Gasteiger partial charge in [0.1, 0.15) is 6.61 Å². The molecule has 1 fully saturated rings.